The lowest BCUT2D eigenvalue weighted by molar-refractivity contribution is 0.416. The number of nitrogens with zero attached hydrogens (tertiary/aromatic N) is 2. The van der Waals surface area contributed by atoms with Gasteiger partial charge in [-0.2, -0.15) is 5.10 Å². The van der Waals surface area contributed by atoms with E-state index < -0.39 is 0 Å². The molecule has 0 spiro atoms. The summed E-state index contributed by atoms with van der Waals surface area (Å²) in [6.07, 6.45) is 0. The fourth-order valence-electron chi connectivity index (χ4n) is 1.90. The number of methoxy groups -OCH3 is 1. The second kappa shape index (κ2) is 5.67. The van der Waals surface area contributed by atoms with Crippen LogP contribution in [0.2, 0.25) is 0 Å². The minimum Gasteiger partial charge on any atom is -0.496 e. The van der Waals surface area contributed by atoms with Gasteiger partial charge in [0.1, 0.15) is 5.75 Å². The molecule has 0 aliphatic rings. The highest BCUT2D eigenvalue weighted by molar-refractivity contribution is 5.67. The van der Waals surface area contributed by atoms with Gasteiger partial charge in [0.15, 0.2) is 0 Å². The Hall–Kier alpha value is -2.14. The second-order valence-electron chi connectivity index (χ2n) is 4.27. The van der Waals surface area contributed by atoms with Crippen molar-refractivity contribution < 1.29 is 4.74 Å². The van der Waals surface area contributed by atoms with E-state index in [0.717, 1.165) is 16.9 Å². The third kappa shape index (κ3) is 2.82. The van der Waals surface area contributed by atoms with Crippen LogP contribution in [0.4, 0.5) is 0 Å². The van der Waals surface area contributed by atoms with Crippen molar-refractivity contribution in [2.45, 2.75) is 13.5 Å². The van der Waals surface area contributed by atoms with Crippen molar-refractivity contribution in [2.75, 3.05) is 13.7 Å². The molecule has 0 bridgehead atoms. The molecule has 0 saturated carbocycles. The number of aryl methyl sites for hydroxylation is 1. The highest BCUT2D eigenvalue weighted by Gasteiger charge is 2.09. The largest absolute Gasteiger partial charge is 0.496 e. The van der Waals surface area contributed by atoms with E-state index in [1.807, 2.05) is 25.1 Å². The van der Waals surface area contributed by atoms with Gasteiger partial charge in [0.05, 0.1) is 19.3 Å². The molecule has 100 valence electrons. The molecule has 0 saturated heterocycles. The monoisotopic (exact) mass is 259 g/mol. The van der Waals surface area contributed by atoms with Gasteiger partial charge in [-0.1, -0.05) is 11.6 Å². The summed E-state index contributed by atoms with van der Waals surface area (Å²) in [5.41, 5.74) is 8.00. The zero-order chi connectivity index (χ0) is 13.8. The van der Waals surface area contributed by atoms with Gasteiger partial charge in [-0.15, -0.1) is 0 Å². The number of benzene rings is 1. The van der Waals surface area contributed by atoms with Gasteiger partial charge in [0.2, 0.25) is 0 Å². The van der Waals surface area contributed by atoms with Gasteiger partial charge in [-0.05, 0) is 25.1 Å². The molecule has 2 rings (SSSR count). The van der Waals surface area contributed by atoms with Crippen LogP contribution in [0.3, 0.4) is 0 Å². The van der Waals surface area contributed by atoms with E-state index in [1.54, 1.807) is 13.2 Å². The minimum absolute atomic E-state index is 0.152. The summed E-state index contributed by atoms with van der Waals surface area (Å²) in [7, 11) is 1.62. The quantitative estimate of drug-likeness (QED) is 0.895. The fraction of sp³-hybridized carbons (Fsp3) is 0.286. The van der Waals surface area contributed by atoms with Crippen molar-refractivity contribution >= 4 is 0 Å². The summed E-state index contributed by atoms with van der Waals surface area (Å²) in [5.74, 6) is 0.732. The zero-order valence-electron chi connectivity index (χ0n) is 11.1. The van der Waals surface area contributed by atoms with Crippen molar-refractivity contribution in [3.8, 4) is 17.0 Å². The van der Waals surface area contributed by atoms with Crippen molar-refractivity contribution in [2.24, 2.45) is 5.73 Å². The maximum Gasteiger partial charge on any atom is 0.266 e. The van der Waals surface area contributed by atoms with E-state index in [0.29, 0.717) is 18.8 Å². The molecule has 0 fully saturated rings. The second-order valence-corrected chi connectivity index (χ2v) is 4.27. The first-order valence-corrected chi connectivity index (χ1v) is 6.09. The van der Waals surface area contributed by atoms with Crippen LogP contribution in [0.15, 0.2) is 35.1 Å². The Morgan fingerprint density at radius 2 is 2.11 bits per heavy atom. The standard InChI is InChI=1S/C14H17N3O2/c1-10-3-5-13(19-2)11(9-10)12-4-6-14(18)17(16-12)8-7-15/h3-6,9H,7-8,15H2,1-2H3. The van der Waals surface area contributed by atoms with Crippen LogP contribution in [0.25, 0.3) is 11.3 Å². The number of nitrogens with two attached hydrogens (primary N) is 1. The highest BCUT2D eigenvalue weighted by atomic mass is 16.5. The van der Waals surface area contributed by atoms with Crippen LogP contribution in [-0.2, 0) is 6.54 Å². The van der Waals surface area contributed by atoms with Gasteiger partial charge >= 0.3 is 0 Å². The van der Waals surface area contributed by atoms with Crippen LogP contribution in [0.5, 0.6) is 5.75 Å². The Kier molecular flexibility index (Phi) is 3.97. The molecule has 5 heteroatoms. The van der Waals surface area contributed by atoms with E-state index >= 15 is 0 Å². The average Bonchev–Trinajstić information content (AvgIpc) is 2.41. The van der Waals surface area contributed by atoms with E-state index in [9.17, 15) is 4.79 Å². The molecule has 0 atom stereocenters. The predicted molar refractivity (Wildman–Crippen MR) is 74.3 cm³/mol. The molecule has 5 nitrogen and oxygen atoms in total. The Labute approximate surface area is 111 Å². The molecule has 0 unspecified atom stereocenters. The first kappa shape index (κ1) is 13.3. The van der Waals surface area contributed by atoms with Gasteiger partial charge in [-0.3, -0.25) is 4.79 Å². The summed E-state index contributed by atoms with van der Waals surface area (Å²) in [6, 6.07) is 9.05. The van der Waals surface area contributed by atoms with Crippen LogP contribution in [0.1, 0.15) is 5.56 Å². The fourth-order valence-corrected chi connectivity index (χ4v) is 1.90. The van der Waals surface area contributed by atoms with E-state index in [1.165, 1.54) is 10.7 Å². The molecule has 0 amide bonds. The number of aromatic nitrogens is 2. The number of hydrogen-bond donors (Lipinski definition) is 1. The Morgan fingerprint density at radius 3 is 2.79 bits per heavy atom. The third-order valence-electron chi connectivity index (χ3n) is 2.84. The van der Waals surface area contributed by atoms with Crippen molar-refractivity contribution in [1.82, 2.24) is 9.78 Å². The van der Waals surface area contributed by atoms with Crippen LogP contribution >= 0.6 is 0 Å². The van der Waals surface area contributed by atoms with Gasteiger partial charge in [0.25, 0.3) is 5.56 Å². The van der Waals surface area contributed by atoms with Gasteiger partial charge in [-0.25, -0.2) is 4.68 Å². The number of hydrogen-bond acceptors (Lipinski definition) is 4. The molecular formula is C14H17N3O2. The molecule has 0 aliphatic heterocycles. The Balaban J connectivity index is 2.55. The van der Waals surface area contributed by atoms with Crippen LogP contribution in [0, 0.1) is 6.92 Å². The average molecular weight is 259 g/mol. The lowest BCUT2D eigenvalue weighted by Crippen LogP contribution is -2.25. The molecule has 0 radical (unpaired) electrons. The molecule has 1 aromatic heterocycles. The predicted octanol–water partition coefficient (Wildman–Crippen LogP) is 1.19. The van der Waals surface area contributed by atoms with E-state index in [4.69, 9.17) is 10.5 Å². The summed E-state index contributed by atoms with van der Waals surface area (Å²) in [6.45, 7) is 2.78. The molecule has 2 N–H and O–H groups in total. The summed E-state index contributed by atoms with van der Waals surface area (Å²) >= 11 is 0. The Bertz CT molecular complexity index is 635. The maximum atomic E-state index is 11.6. The summed E-state index contributed by atoms with van der Waals surface area (Å²) < 4.78 is 6.70. The first-order chi connectivity index (χ1) is 9.15. The Morgan fingerprint density at radius 1 is 1.32 bits per heavy atom. The van der Waals surface area contributed by atoms with E-state index in [2.05, 4.69) is 5.10 Å². The SMILES string of the molecule is COc1ccc(C)cc1-c1ccc(=O)n(CCN)n1. The van der Waals surface area contributed by atoms with Crippen LogP contribution < -0.4 is 16.0 Å². The first-order valence-electron chi connectivity index (χ1n) is 6.09. The maximum absolute atomic E-state index is 11.6. The normalized spacial score (nSPS) is 10.5. The molecule has 0 aliphatic carbocycles. The van der Waals surface area contributed by atoms with Crippen LogP contribution in [-0.4, -0.2) is 23.4 Å². The van der Waals surface area contributed by atoms with Crippen molar-refractivity contribution in [1.29, 1.82) is 0 Å². The molecule has 2 aromatic rings. The van der Waals surface area contributed by atoms with Crippen molar-refractivity contribution in [3.05, 3.63) is 46.2 Å². The van der Waals surface area contributed by atoms with E-state index in [-0.39, 0.29) is 5.56 Å². The summed E-state index contributed by atoms with van der Waals surface area (Å²) in [5, 5.41) is 4.33. The van der Waals surface area contributed by atoms with Crippen molar-refractivity contribution in [3.63, 3.8) is 0 Å². The smallest absolute Gasteiger partial charge is 0.266 e. The summed E-state index contributed by atoms with van der Waals surface area (Å²) in [4.78, 5) is 11.6. The van der Waals surface area contributed by atoms with Gasteiger partial charge in [0, 0.05) is 18.2 Å². The number of rotatable bonds is 4. The lowest BCUT2D eigenvalue weighted by Gasteiger charge is -2.10. The molecule has 19 heavy (non-hydrogen) atoms. The highest BCUT2D eigenvalue weighted by Crippen LogP contribution is 2.28. The molecule has 1 aromatic carbocycles. The number of ether oxygens (including phenoxy) is 1. The molecule has 1 heterocycles. The zero-order valence-corrected chi connectivity index (χ0v) is 11.1. The topological polar surface area (TPSA) is 70.1 Å². The lowest BCUT2D eigenvalue weighted by atomic mass is 10.1. The third-order valence-corrected chi connectivity index (χ3v) is 2.84. The minimum atomic E-state index is -0.152. The van der Waals surface area contributed by atoms with Gasteiger partial charge < -0.3 is 10.5 Å². The molecular weight excluding hydrogens is 242 g/mol.